The average molecular weight is 452 g/mol. The van der Waals surface area contributed by atoms with Gasteiger partial charge in [-0.3, -0.25) is 19.1 Å². The number of rotatable bonds is 7. The van der Waals surface area contributed by atoms with Crippen LogP contribution in [0.1, 0.15) is 24.0 Å². The number of carbonyl (C=O) groups is 1. The number of hydrogen-bond acceptors (Lipinski definition) is 5. The van der Waals surface area contributed by atoms with E-state index in [9.17, 15) is 18.8 Å². The summed E-state index contributed by atoms with van der Waals surface area (Å²) in [5, 5.41) is 0. The van der Waals surface area contributed by atoms with E-state index < -0.39 is 23.0 Å². The molecule has 3 aromatic rings. The second-order valence-electron chi connectivity index (χ2n) is 7.97. The summed E-state index contributed by atoms with van der Waals surface area (Å²) in [6, 6.07) is 15.1. The molecule has 0 spiro atoms. The SMILES string of the molecule is Nc1c(N(CC2CCCO2)C(=O)Cc2ccccc2F)c(=O)[nH]c(=O)n1Cc1ccccc1. The van der Waals surface area contributed by atoms with E-state index in [4.69, 9.17) is 10.5 Å². The van der Waals surface area contributed by atoms with Crippen LogP contribution in [0.15, 0.2) is 64.2 Å². The van der Waals surface area contributed by atoms with Gasteiger partial charge in [0.05, 0.1) is 25.6 Å². The Bertz CT molecular complexity index is 1250. The molecule has 3 N–H and O–H groups in total. The molecule has 1 amide bonds. The predicted octanol–water partition coefficient (Wildman–Crippen LogP) is 2.06. The summed E-state index contributed by atoms with van der Waals surface area (Å²) in [5.74, 6) is -1.16. The maximum absolute atomic E-state index is 14.2. The minimum absolute atomic E-state index is 0.0735. The summed E-state index contributed by atoms with van der Waals surface area (Å²) < 4.78 is 21.1. The molecule has 1 fully saturated rings. The second kappa shape index (κ2) is 9.83. The van der Waals surface area contributed by atoms with E-state index in [1.807, 2.05) is 30.3 Å². The lowest BCUT2D eigenvalue weighted by Gasteiger charge is -2.27. The Morgan fingerprint density at radius 2 is 1.88 bits per heavy atom. The number of benzene rings is 2. The van der Waals surface area contributed by atoms with Gasteiger partial charge in [-0.05, 0) is 30.0 Å². The summed E-state index contributed by atoms with van der Waals surface area (Å²) in [5.41, 5.74) is 5.71. The number of carbonyl (C=O) groups excluding carboxylic acids is 1. The van der Waals surface area contributed by atoms with Gasteiger partial charge in [0.2, 0.25) is 5.91 Å². The Morgan fingerprint density at radius 1 is 1.15 bits per heavy atom. The first kappa shape index (κ1) is 22.5. The van der Waals surface area contributed by atoms with Crippen molar-refractivity contribution in [2.24, 2.45) is 0 Å². The molecule has 8 nitrogen and oxygen atoms in total. The summed E-state index contributed by atoms with van der Waals surface area (Å²) in [6.07, 6.45) is 0.989. The van der Waals surface area contributed by atoms with E-state index in [0.29, 0.717) is 13.0 Å². The number of nitrogens with two attached hydrogens (primary N) is 1. The molecule has 2 aromatic carbocycles. The number of aromatic amines is 1. The Hall–Kier alpha value is -3.72. The third-order valence-corrected chi connectivity index (χ3v) is 5.68. The first-order valence-electron chi connectivity index (χ1n) is 10.8. The van der Waals surface area contributed by atoms with Gasteiger partial charge in [0.15, 0.2) is 5.69 Å². The average Bonchev–Trinajstić information content (AvgIpc) is 3.31. The van der Waals surface area contributed by atoms with Gasteiger partial charge in [0.1, 0.15) is 11.6 Å². The Balaban J connectivity index is 1.74. The lowest BCUT2D eigenvalue weighted by Crippen LogP contribution is -2.45. The van der Waals surface area contributed by atoms with Crippen molar-refractivity contribution in [1.29, 1.82) is 0 Å². The van der Waals surface area contributed by atoms with Crippen LogP contribution in [0.25, 0.3) is 0 Å². The van der Waals surface area contributed by atoms with Crippen LogP contribution in [0.5, 0.6) is 0 Å². The molecule has 172 valence electrons. The Kier molecular flexibility index (Phi) is 6.69. The smallest absolute Gasteiger partial charge is 0.330 e. The number of halogens is 1. The molecule has 0 aliphatic carbocycles. The third-order valence-electron chi connectivity index (χ3n) is 5.68. The van der Waals surface area contributed by atoms with Gasteiger partial charge in [-0.25, -0.2) is 9.18 Å². The van der Waals surface area contributed by atoms with Gasteiger partial charge in [-0.1, -0.05) is 48.5 Å². The lowest BCUT2D eigenvalue weighted by molar-refractivity contribution is -0.118. The van der Waals surface area contributed by atoms with Crippen LogP contribution in [0.3, 0.4) is 0 Å². The van der Waals surface area contributed by atoms with Gasteiger partial charge in [-0.2, -0.15) is 0 Å². The fourth-order valence-electron chi connectivity index (χ4n) is 3.97. The quantitative estimate of drug-likeness (QED) is 0.570. The van der Waals surface area contributed by atoms with E-state index in [1.54, 1.807) is 6.07 Å². The summed E-state index contributed by atoms with van der Waals surface area (Å²) in [4.78, 5) is 42.2. The van der Waals surface area contributed by atoms with Crippen molar-refractivity contribution in [3.05, 3.63) is 92.4 Å². The number of H-pyrrole nitrogens is 1. The van der Waals surface area contributed by atoms with Crippen molar-refractivity contribution in [3.63, 3.8) is 0 Å². The van der Waals surface area contributed by atoms with Crippen molar-refractivity contribution in [2.75, 3.05) is 23.8 Å². The molecule has 1 saturated heterocycles. The molecule has 0 bridgehead atoms. The molecule has 2 heterocycles. The van der Waals surface area contributed by atoms with Gasteiger partial charge in [0, 0.05) is 6.61 Å². The predicted molar refractivity (Wildman–Crippen MR) is 123 cm³/mol. The number of nitrogens with zero attached hydrogens (tertiary/aromatic N) is 2. The summed E-state index contributed by atoms with van der Waals surface area (Å²) in [7, 11) is 0. The zero-order valence-corrected chi connectivity index (χ0v) is 18.0. The second-order valence-corrected chi connectivity index (χ2v) is 7.97. The van der Waals surface area contributed by atoms with Crippen LogP contribution in [0, 0.1) is 5.82 Å². The molecule has 4 rings (SSSR count). The van der Waals surface area contributed by atoms with Gasteiger partial charge in [0.25, 0.3) is 5.56 Å². The molecule has 9 heteroatoms. The number of hydrogen-bond donors (Lipinski definition) is 2. The Labute approximate surface area is 189 Å². The van der Waals surface area contributed by atoms with Crippen LogP contribution in [-0.2, 0) is 22.5 Å². The maximum atomic E-state index is 14.2. The normalized spacial score (nSPS) is 15.5. The van der Waals surface area contributed by atoms with Crippen LogP contribution in [0.4, 0.5) is 15.9 Å². The maximum Gasteiger partial charge on any atom is 0.330 e. The number of nitrogens with one attached hydrogen (secondary N) is 1. The Morgan fingerprint density at radius 3 is 2.58 bits per heavy atom. The van der Waals surface area contributed by atoms with E-state index in [1.165, 1.54) is 27.7 Å². The molecule has 1 atom stereocenters. The summed E-state index contributed by atoms with van der Waals surface area (Å²) >= 11 is 0. The number of amides is 1. The molecule has 0 saturated carbocycles. The minimum Gasteiger partial charge on any atom is -0.383 e. The highest BCUT2D eigenvalue weighted by molar-refractivity contribution is 5.96. The van der Waals surface area contributed by atoms with Crippen molar-refractivity contribution in [3.8, 4) is 0 Å². The van der Waals surface area contributed by atoms with Crippen LogP contribution < -0.4 is 21.9 Å². The molecule has 1 unspecified atom stereocenters. The van der Waals surface area contributed by atoms with E-state index >= 15 is 0 Å². The van der Waals surface area contributed by atoms with Gasteiger partial charge < -0.3 is 15.4 Å². The first-order chi connectivity index (χ1) is 15.9. The largest absolute Gasteiger partial charge is 0.383 e. The zero-order valence-electron chi connectivity index (χ0n) is 18.0. The topological polar surface area (TPSA) is 110 Å². The van der Waals surface area contributed by atoms with Crippen molar-refractivity contribution >= 4 is 17.4 Å². The van der Waals surface area contributed by atoms with Gasteiger partial charge >= 0.3 is 5.69 Å². The van der Waals surface area contributed by atoms with Gasteiger partial charge in [-0.15, -0.1) is 0 Å². The monoisotopic (exact) mass is 452 g/mol. The first-order valence-corrected chi connectivity index (χ1v) is 10.8. The molecule has 1 aromatic heterocycles. The highest BCUT2D eigenvalue weighted by Crippen LogP contribution is 2.23. The van der Waals surface area contributed by atoms with Crippen molar-refractivity contribution < 1.29 is 13.9 Å². The fraction of sp³-hybridized carbons (Fsp3) is 0.292. The van der Waals surface area contributed by atoms with Crippen LogP contribution in [0.2, 0.25) is 0 Å². The van der Waals surface area contributed by atoms with E-state index in [-0.39, 0.29) is 42.7 Å². The van der Waals surface area contributed by atoms with E-state index in [0.717, 1.165) is 12.0 Å². The molecular weight excluding hydrogens is 427 g/mol. The molecule has 1 aliphatic heterocycles. The number of anilines is 2. The fourth-order valence-corrected chi connectivity index (χ4v) is 3.97. The number of nitrogen functional groups attached to an aromatic ring is 1. The minimum atomic E-state index is -0.776. The standard InChI is InChI=1S/C24H25FN4O4/c25-19-11-5-4-9-17(19)13-20(30)28(15-18-10-6-12-33-18)21-22(26)29(24(32)27-23(21)31)14-16-7-2-1-3-8-16/h1-5,7-9,11,18H,6,10,12-15,26H2,(H,27,31,32). The highest BCUT2D eigenvalue weighted by atomic mass is 19.1. The van der Waals surface area contributed by atoms with Crippen molar-refractivity contribution in [1.82, 2.24) is 9.55 Å². The molecule has 33 heavy (non-hydrogen) atoms. The van der Waals surface area contributed by atoms with Crippen LogP contribution >= 0.6 is 0 Å². The molecule has 1 aliphatic rings. The third kappa shape index (κ3) is 5.04. The zero-order chi connectivity index (χ0) is 23.4. The summed E-state index contributed by atoms with van der Waals surface area (Å²) in [6.45, 7) is 0.744. The highest BCUT2D eigenvalue weighted by Gasteiger charge is 2.29. The van der Waals surface area contributed by atoms with Crippen molar-refractivity contribution in [2.45, 2.75) is 31.9 Å². The lowest BCUT2D eigenvalue weighted by atomic mass is 10.1. The number of aromatic nitrogens is 2. The van der Waals surface area contributed by atoms with Crippen LogP contribution in [-0.4, -0.2) is 34.7 Å². The molecule has 0 radical (unpaired) electrons. The van der Waals surface area contributed by atoms with E-state index in [2.05, 4.69) is 4.98 Å². The number of ether oxygens (including phenoxy) is 1. The molecular formula is C24H25FN4O4.